The van der Waals surface area contributed by atoms with Crippen LogP contribution in [0.2, 0.25) is 0 Å². The highest BCUT2D eigenvalue weighted by Crippen LogP contribution is 2.38. The molecular weight excluding hydrogens is 284 g/mol. The lowest BCUT2D eigenvalue weighted by molar-refractivity contribution is 0.0950. The van der Waals surface area contributed by atoms with Crippen LogP contribution < -0.4 is 10.2 Å². The number of aromatic amines is 1. The van der Waals surface area contributed by atoms with E-state index >= 15 is 0 Å². The van der Waals surface area contributed by atoms with E-state index in [2.05, 4.69) is 20.7 Å². The van der Waals surface area contributed by atoms with Crippen LogP contribution in [-0.2, 0) is 0 Å². The molecule has 1 aromatic heterocycles. The molecule has 1 amide bonds. The number of aromatic hydroxyl groups is 1. The van der Waals surface area contributed by atoms with Crippen LogP contribution in [0.1, 0.15) is 40.5 Å². The van der Waals surface area contributed by atoms with Gasteiger partial charge in [0.15, 0.2) is 17.2 Å². The number of phenolic OH excluding ortho intramolecular Hbond substituents is 1. The third kappa shape index (κ3) is 2.93. The smallest absolute Gasteiger partial charge is 0.291 e. The van der Waals surface area contributed by atoms with Crippen LogP contribution in [0.3, 0.4) is 0 Å². The van der Waals surface area contributed by atoms with Crippen molar-refractivity contribution in [1.82, 2.24) is 15.6 Å². The Hall–Kier alpha value is -2.83. The van der Waals surface area contributed by atoms with E-state index in [1.807, 2.05) is 0 Å². The Bertz CT molecular complexity index is 719. The van der Waals surface area contributed by atoms with Gasteiger partial charge in [-0.25, -0.2) is 5.43 Å². The van der Waals surface area contributed by atoms with Crippen LogP contribution in [0.5, 0.6) is 11.5 Å². The molecule has 22 heavy (non-hydrogen) atoms. The SMILES string of the molecule is COc1cccc(C=NNC(=O)c2cc(C3CC3)[nH]n2)c1O. The highest BCUT2D eigenvalue weighted by molar-refractivity contribution is 5.93. The Kier molecular flexibility index (Phi) is 3.78. The summed E-state index contributed by atoms with van der Waals surface area (Å²) < 4.78 is 5.00. The molecule has 114 valence electrons. The molecule has 3 rings (SSSR count). The molecule has 0 bridgehead atoms. The van der Waals surface area contributed by atoms with E-state index in [0.29, 0.717) is 22.9 Å². The Labute approximate surface area is 127 Å². The van der Waals surface area contributed by atoms with Crippen LogP contribution in [0.4, 0.5) is 0 Å². The second-order valence-corrected chi connectivity index (χ2v) is 5.08. The number of nitrogens with zero attached hydrogens (tertiary/aromatic N) is 2. The molecule has 0 spiro atoms. The van der Waals surface area contributed by atoms with Crippen LogP contribution in [0, 0.1) is 0 Å². The van der Waals surface area contributed by atoms with Crippen molar-refractivity contribution in [3.05, 3.63) is 41.2 Å². The van der Waals surface area contributed by atoms with Gasteiger partial charge >= 0.3 is 0 Å². The minimum absolute atomic E-state index is 0.0289. The zero-order valence-corrected chi connectivity index (χ0v) is 12.0. The molecule has 1 aromatic carbocycles. The molecule has 7 nitrogen and oxygen atoms in total. The van der Waals surface area contributed by atoms with E-state index in [1.54, 1.807) is 24.3 Å². The zero-order valence-electron chi connectivity index (χ0n) is 12.0. The quantitative estimate of drug-likeness (QED) is 0.578. The summed E-state index contributed by atoms with van der Waals surface area (Å²) in [6, 6.07) is 6.75. The molecule has 1 aliphatic rings. The number of rotatable bonds is 5. The van der Waals surface area contributed by atoms with Gasteiger partial charge in [0, 0.05) is 17.2 Å². The van der Waals surface area contributed by atoms with Crippen molar-refractivity contribution in [2.24, 2.45) is 5.10 Å². The molecule has 0 aliphatic heterocycles. The van der Waals surface area contributed by atoms with Gasteiger partial charge in [-0.2, -0.15) is 10.2 Å². The standard InChI is InChI=1S/C15H16N4O3/c1-22-13-4-2-3-10(14(13)20)8-16-19-15(21)12-7-11(17-18-12)9-5-6-9/h2-4,7-9,20H,5-6H2,1H3,(H,17,18)(H,19,21). The minimum Gasteiger partial charge on any atom is -0.504 e. The van der Waals surface area contributed by atoms with Crippen molar-refractivity contribution in [2.45, 2.75) is 18.8 Å². The van der Waals surface area contributed by atoms with Crippen molar-refractivity contribution in [1.29, 1.82) is 0 Å². The lowest BCUT2D eigenvalue weighted by Crippen LogP contribution is -2.18. The largest absolute Gasteiger partial charge is 0.504 e. The average Bonchev–Trinajstić information content (AvgIpc) is 3.26. The maximum absolute atomic E-state index is 11.9. The number of nitrogens with one attached hydrogen (secondary N) is 2. The summed E-state index contributed by atoms with van der Waals surface area (Å²) in [4.78, 5) is 11.9. The first-order valence-electron chi connectivity index (χ1n) is 6.93. The van der Waals surface area contributed by atoms with Crippen molar-refractivity contribution in [2.75, 3.05) is 7.11 Å². The highest BCUT2D eigenvalue weighted by Gasteiger charge is 2.26. The second kappa shape index (κ2) is 5.88. The van der Waals surface area contributed by atoms with Gasteiger partial charge in [-0.15, -0.1) is 0 Å². The summed E-state index contributed by atoms with van der Waals surface area (Å²) in [5, 5.41) is 20.6. The number of hydrazone groups is 1. The van der Waals surface area contributed by atoms with Gasteiger partial charge in [0.05, 0.1) is 13.3 Å². The molecule has 1 aliphatic carbocycles. The van der Waals surface area contributed by atoms with Crippen LogP contribution in [0.25, 0.3) is 0 Å². The number of hydrogen-bond acceptors (Lipinski definition) is 5. The van der Waals surface area contributed by atoms with Crippen molar-refractivity contribution in [3.63, 3.8) is 0 Å². The van der Waals surface area contributed by atoms with Crippen LogP contribution >= 0.6 is 0 Å². The number of carbonyl (C=O) groups excluding carboxylic acids is 1. The Morgan fingerprint density at radius 1 is 1.55 bits per heavy atom. The maximum Gasteiger partial charge on any atom is 0.291 e. The van der Waals surface area contributed by atoms with Gasteiger partial charge in [-0.05, 0) is 31.0 Å². The van der Waals surface area contributed by atoms with Gasteiger partial charge in [0.1, 0.15) is 0 Å². The highest BCUT2D eigenvalue weighted by atomic mass is 16.5. The summed E-state index contributed by atoms with van der Waals surface area (Å²) in [7, 11) is 1.47. The van der Waals surface area contributed by atoms with E-state index in [4.69, 9.17) is 4.74 Å². The van der Waals surface area contributed by atoms with Gasteiger partial charge in [0.2, 0.25) is 0 Å². The van der Waals surface area contributed by atoms with E-state index in [1.165, 1.54) is 13.3 Å². The molecule has 1 saturated carbocycles. The molecule has 3 N–H and O–H groups in total. The second-order valence-electron chi connectivity index (χ2n) is 5.08. The molecule has 1 fully saturated rings. The van der Waals surface area contributed by atoms with E-state index in [0.717, 1.165) is 18.5 Å². The molecule has 0 atom stereocenters. The fraction of sp³-hybridized carbons (Fsp3) is 0.267. The maximum atomic E-state index is 11.9. The number of phenols is 1. The molecule has 2 aromatic rings. The van der Waals surface area contributed by atoms with Gasteiger partial charge in [-0.1, -0.05) is 6.07 Å². The van der Waals surface area contributed by atoms with Gasteiger partial charge in [0.25, 0.3) is 5.91 Å². The molecular formula is C15H16N4O3. The predicted molar refractivity (Wildman–Crippen MR) is 80.3 cm³/mol. The first kappa shape index (κ1) is 14.1. The number of H-pyrrole nitrogens is 1. The van der Waals surface area contributed by atoms with Crippen molar-refractivity contribution < 1.29 is 14.6 Å². The Balaban J connectivity index is 1.64. The molecule has 7 heteroatoms. The monoisotopic (exact) mass is 300 g/mol. The third-order valence-corrected chi connectivity index (χ3v) is 3.47. The fourth-order valence-electron chi connectivity index (χ4n) is 2.08. The molecule has 0 unspecified atom stereocenters. The number of hydrogen-bond donors (Lipinski definition) is 3. The first-order chi connectivity index (χ1) is 10.7. The summed E-state index contributed by atoms with van der Waals surface area (Å²) in [6.07, 6.45) is 3.62. The first-order valence-corrected chi connectivity index (χ1v) is 6.93. The summed E-state index contributed by atoms with van der Waals surface area (Å²) >= 11 is 0. The lowest BCUT2D eigenvalue weighted by atomic mass is 10.2. The fourth-order valence-corrected chi connectivity index (χ4v) is 2.08. The number of amides is 1. The normalized spacial score (nSPS) is 14.2. The van der Waals surface area contributed by atoms with E-state index in [-0.39, 0.29) is 5.75 Å². The third-order valence-electron chi connectivity index (χ3n) is 3.47. The summed E-state index contributed by atoms with van der Waals surface area (Å²) in [5.41, 5.74) is 4.11. The Morgan fingerprint density at radius 2 is 2.36 bits per heavy atom. The zero-order chi connectivity index (χ0) is 15.5. The van der Waals surface area contributed by atoms with Crippen LogP contribution in [-0.4, -0.2) is 34.5 Å². The van der Waals surface area contributed by atoms with Crippen molar-refractivity contribution in [3.8, 4) is 11.5 Å². The molecule has 1 heterocycles. The number of methoxy groups -OCH3 is 1. The number of aromatic nitrogens is 2. The van der Waals surface area contributed by atoms with E-state index in [9.17, 15) is 9.90 Å². The molecule has 0 radical (unpaired) electrons. The van der Waals surface area contributed by atoms with Gasteiger partial charge < -0.3 is 9.84 Å². The lowest BCUT2D eigenvalue weighted by Gasteiger charge is -2.04. The minimum atomic E-state index is -0.401. The summed E-state index contributed by atoms with van der Waals surface area (Å²) in [5.74, 6) is 0.420. The summed E-state index contributed by atoms with van der Waals surface area (Å²) in [6.45, 7) is 0. The number of ether oxygens (including phenoxy) is 1. The predicted octanol–water partition coefficient (Wildman–Crippen LogP) is 1.77. The van der Waals surface area contributed by atoms with E-state index < -0.39 is 5.91 Å². The molecule has 0 saturated heterocycles. The number of para-hydroxylation sites is 1. The van der Waals surface area contributed by atoms with Gasteiger partial charge in [-0.3, -0.25) is 9.89 Å². The van der Waals surface area contributed by atoms with Crippen LogP contribution in [0.15, 0.2) is 29.4 Å². The average molecular weight is 300 g/mol. The Morgan fingerprint density at radius 3 is 3.09 bits per heavy atom. The number of benzene rings is 1. The topological polar surface area (TPSA) is 99.6 Å². The van der Waals surface area contributed by atoms with Crippen molar-refractivity contribution >= 4 is 12.1 Å². The number of carbonyl (C=O) groups is 1.